The predicted molar refractivity (Wildman–Crippen MR) is 179 cm³/mol. The molecule has 0 saturated carbocycles. The third-order valence-electron chi connectivity index (χ3n) is 8.50. The number of halogens is 1. The SMILES string of the molecule is CCOC(=O)CCN(CCC(=O)OCC)CCN1c2ccccc2C(C)(C)C12C=Nc1c(c(CI)cc3ccccc13)O2. The van der Waals surface area contributed by atoms with Crippen molar-refractivity contribution in [1.82, 2.24) is 4.90 Å². The summed E-state index contributed by atoms with van der Waals surface area (Å²) in [6.45, 7) is 10.9. The number of fused-ring (bicyclic) bond motifs is 4. The first-order chi connectivity index (χ1) is 20.8. The average molecular weight is 698 g/mol. The Hall–Kier alpha value is -3.18. The fraction of sp³-hybridized carbons (Fsp3) is 0.441. The Morgan fingerprint density at radius 2 is 1.60 bits per heavy atom. The lowest BCUT2D eigenvalue weighted by molar-refractivity contribution is -0.143. The van der Waals surface area contributed by atoms with E-state index in [0.717, 1.165) is 37.9 Å². The second kappa shape index (κ2) is 13.2. The quantitative estimate of drug-likeness (QED) is 0.120. The van der Waals surface area contributed by atoms with Gasteiger partial charge in [-0.15, -0.1) is 0 Å². The molecule has 2 aliphatic heterocycles. The van der Waals surface area contributed by atoms with E-state index >= 15 is 0 Å². The second-order valence-corrected chi connectivity index (χ2v) is 12.1. The van der Waals surface area contributed by atoms with Gasteiger partial charge in [0, 0.05) is 47.2 Å². The summed E-state index contributed by atoms with van der Waals surface area (Å²) in [7, 11) is 0. The van der Waals surface area contributed by atoms with Gasteiger partial charge in [0.1, 0.15) is 5.69 Å². The van der Waals surface area contributed by atoms with E-state index in [1.165, 1.54) is 5.56 Å². The normalized spacial score (nSPS) is 18.0. The molecule has 228 valence electrons. The van der Waals surface area contributed by atoms with Crippen LogP contribution in [0.3, 0.4) is 0 Å². The van der Waals surface area contributed by atoms with Crippen molar-refractivity contribution in [3.63, 3.8) is 0 Å². The van der Waals surface area contributed by atoms with Crippen LogP contribution in [0.4, 0.5) is 11.4 Å². The van der Waals surface area contributed by atoms with E-state index in [0.29, 0.717) is 39.4 Å². The van der Waals surface area contributed by atoms with Gasteiger partial charge in [0.2, 0.25) is 5.72 Å². The maximum absolute atomic E-state index is 12.2. The van der Waals surface area contributed by atoms with Crippen LogP contribution in [-0.4, -0.2) is 68.2 Å². The van der Waals surface area contributed by atoms with Crippen LogP contribution < -0.4 is 9.64 Å². The van der Waals surface area contributed by atoms with Gasteiger partial charge in [0.05, 0.1) is 37.7 Å². The van der Waals surface area contributed by atoms with Crippen LogP contribution in [0.2, 0.25) is 0 Å². The highest BCUT2D eigenvalue weighted by atomic mass is 127. The summed E-state index contributed by atoms with van der Waals surface area (Å²) in [6.07, 6.45) is 2.49. The van der Waals surface area contributed by atoms with E-state index in [1.807, 2.05) is 12.3 Å². The summed E-state index contributed by atoms with van der Waals surface area (Å²) in [5.74, 6) is 0.333. The first kappa shape index (κ1) is 31.3. The minimum atomic E-state index is -0.874. The number of aliphatic imine (C=N–C) groups is 1. The molecule has 3 aromatic rings. The second-order valence-electron chi connectivity index (χ2n) is 11.4. The highest BCUT2D eigenvalue weighted by molar-refractivity contribution is 14.1. The third kappa shape index (κ3) is 5.98. The van der Waals surface area contributed by atoms with Gasteiger partial charge in [-0.2, -0.15) is 0 Å². The van der Waals surface area contributed by atoms with Crippen molar-refractivity contribution in [1.29, 1.82) is 0 Å². The molecule has 43 heavy (non-hydrogen) atoms. The number of carbonyl (C=O) groups excluding carboxylic acids is 2. The molecule has 3 aromatic carbocycles. The molecule has 0 aliphatic carbocycles. The van der Waals surface area contributed by atoms with Crippen LogP contribution in [0.5, 0.6) is 5.75 Å². The fourth-order valence-corrected chi connectivity index (χ4v) is 6.80. The number of benzene rings is 3. The number of alkyl halides is 1. The van der Waals surface area contributed by atoms with E-state index in [1.54, 1.807) is 13.8 Å². The molecule has 5 rings (SSSR count). The summed E-state index contributed by atoms with van der Waals surface area (Å²) in [5.41, 5.74) is 2.96. The zero-order valence-electron chi connectivity index (χ0n) is 25.4. The Balaban J connectivity index is 1.49. The summed E-state index contributed by atoms with van der Waals surface area (Å²) in [4.78, 5) is 34.0. The van der Waals surface area contributed by atoms with E-state index in [-0.39, 0.29) is 24.8 Å². The molecular formula is C34H40IN3O5. The average Bonchev–Trinajstić information content (AvgIpc) is 3.18. The number of hydrogen-bond donors (Lipinski definition) is 0. The molecule has 2 heterocycles. The maximum Gasteiger partial charge on any atom is 0.307 e. The Labute approximate surface area is 267 Å². The molecule has 0 bridgehead atoms. The number of nitrogens with zero attached hydrogens (tertiary/aromatic N) is 3. The molecule has 2 aliphatic rings. The highest BCUT2D eigenvalue weighted by Crippen LogP contribution is 2.55. The monoisotopic (exact) mass is 697 g/mol. The number of esters is 2. The van der Waals surface area contributed by atoms with Crippen molar-refractivity contribution in [2.75, 3.05) is 44.3 Å². The third-order valence-corrected chi connectivity index (χ3v) is 9.32. The number of para-hydroxylation sites is 1. The van der Waals surface area contributed by atoms with E-state index in [4.69, 9.17) is 19.2 Å². The first-order valence-electron chi connectivity index (χ1n) is 15.0. The minimum absolute atomic E-state index is 0.245. The molecular weight excluding hydrogens is 657 g/mol. The predicted octanol–water partition coefficient (Wildman–Crippen LogP) is 6.57. The Morgan fingerprint density at radius 1 is 0.953 bits per heavy atom. The van der Waals surface area contributed by atoms with Crippen molar-refractivity contribution in [3.05, 3.63) is 65.7 Å². The standard InChI is InChI=1S/C34H40IN3O5/c1-5-41-29(39)15-17-37(18-16-30(40)42-6-2)19-20-38-28-14-10-9-13-27(28)33(3,4)34(38)23-36-31-26-12-8-7-11-24(26)21-25(22-35)32(31)43-34/h7-14,21,23H,5-6,15-20,22H2,1-4H3. The lowest BCUT2D eigenvalue weighted by Crippen LogP contribution is -2.63. The molecule has 1 atom stereocenters. The molecule has 0 fully saturated rings. The van der Waals surface area contributed by atoms with Gasteiger partial charge >= 0.3 is 11.9 Å². The number of hydrogen-bond acceptors (Lipinski definition) is 8. The highest BCUT2D eigenvalue weighted by Gasteiger charge is 2.59. The molecule has 0 aromatic heterocycles. The number of anilines is 1. The Bertz CT molecular complexity index is 1500. The van der Waals surface area contributed by atoms with Crippen molar-refractivity contribution in [3.8, 4) is 5.75 Å². The molecule has 0 amide bonds. The number of carbonyl (C=O) groups is 2. The van der Waals surface area contributed by atoms with Gasteiger partial charge in [-0.1, -0.05) is 65.1 Å². The molecule has 1 spiro atoms. The van der Waals surface area contributed by atoms with Crippen LogP contribution in [0, 0.1) is 0 Å². The first-order valence-corrected chi connectivity index (χ1v) is 16.5. The molecule has 9 heteroatoms. The summed E-state index contributed by atoms with van der Waals surface area (Å²) in [5, 5.41) is 2.22. The van der Waals surface area contributed by atoms with Crippen LogP contribution in [0.1, 0.15) is 51.7 Å². The van der Waals surface area contributed by atoms with Gasteiger partial charge in [0.25, 0.3) is 0 Å². The largest absolute Gasteiger partial charge is 0.466 e. The fourth-order valence-electron chi connectivity index (χ4n) is 6.23. The van der Waals surface area contributed by atoms with Crippen LogP contribution in [0.15, 0.2) is 59.6 Å². The summed E-state index contributed by atoms with van der Waals surface area (Å²) < 4.78 is 18.4. The lowest BCUT2D eigenvalue weighted by Gasteiger charge is -2.47. The molecule has 0 N–H and O–H groups in total. The van der Waals surface area contributed by atoms with Crippen molar-refractivity contribution in [2.24, 2.45) is 4.99 Å². The van der Waals surface area contributed by atoms with Crippen LogP contribution in [0.25, 0.3) is 10.8 Å². The molecule has 0 radical (unpaired) electrons. The minimum Gasteiger partial charge on any atom is -0.466 e. The number of rotatable bonds is 12. The van der Waals surface area contributed by atoms with Gasteiger partial charge in [-0.25, -0.2) is 0 Å². The molecule has 0 saturated heterocycles. The van der Waals surface area contributed by atoms with Crippen LogP contribution >= 0.6 is 22.6 Å². The Morgan fingerprint density at radius 3 is 2.28 bits per heavy atom. The number of ether oxygens (including phenoxy) is 3. The zero-order valence-corrected chi connectivity index (χ0v) is 27.6. The zero-order chi connectivity index (χ0) is 30.6. The molecule has 8 nitrogen and oxygen atoms in total. The summed E-state index contributed by atoms with van der Waals surface area (Å²) in [6, 6.07) is 18.9. The van der Waals surface area contributed by atoms with Gasteiger partial charge in [-0.05, 0) is 50.8 Å². The van der Waals surface area contributed by atoms with E-state index in [9.17, 15) is 9.59 Å². The van der Waals surface area contributed by atoms with Crippen molar-refractivity contribution in [2.45, 2.75) is 56.1 Å². The smallest absolute Gasteiger partial charge is 0.307 e. The van der Waals surface area contributed by atoms with E-state index in [2.05, 4.69) is 94.8 Å². The van der Waals surface area contributed by atoms with Crippen LogP contribution in [-0.2, 0) is 28.9 Å². The van der Waals surface area contributed by atoms with Gasteiger partial charge < -0.3 is 24.0 Å². The maximum atomic E-state index is 12.2. The molecule has 1 unspecified atom stereocenters. The van der Waals surface area contributed by atoms with E-state index < -0.39 is 11.1 Å². The van der Waals surface area contributed by atoms with Gasteiger partial charge in [0.15, 0.2) is 5.75 Å². The lowest BCUT2D eigenvalue weighted by atomic mass is 9.77. The Kier molecular flexibility index (Phi) is 9.60. The summed E-state index contributed by atoms with van der Waals surface area (Å²) >= 11 is 2.40. The van der Waals surface area contributed by atoms with Gasteiger partial charge in [-0.3, -0.25) is 14.6 Å². The van der Waals surface area contributed by atoms with Crippen molar-refractivity contribution >= 4 is 62.9 Å². The topological polar surface area (TPSA) is 80.7 Å². The van der Waals surface area contributed by atoms with Crippen molar-refractivity contribution < 1.29 is 23.8 Å².